The van der Waals surface area contributed by atoms with E-state index >= 15 is 0 Å². The standard InChI is InChI=1S/C12H21NO3/c1-15-11(14)10(13)8-9-4-7-12(16-9)5-2-3-6-12/h9-10H,2-8,13H2,1H3. The molecule has 0 amide bonds. The number of nitrogens with two attached hydrogens (primary N) is 1. The number of hydrogen-bond acceptors (Lipinski definition) is 4. The molecule has 0 bridgehead atoms. The van der Waals surface area contributed by atoms with Crippen molar-refractivity contribution in [1.82, 2.24) is 0 Å². The summed E-state index contributed by atoms with van der Waals surface area (Å²) in [6, 6.07) is -0.536. The molecule has 2 aliphatic rings. The molecule has 1 saturated heterocycles. The Kier molecular flexibility index (Phi) is 3.50. The summed E-state index contributed by atoms with van der Waals surface area (Å²) in [5.74, 6) is -0.337. The van der Waals surface area contributed by atoms with Crippen molar-refractivity contribution in [2.75, 3.05) is 7.11 Å². The Bertz CT molecular complexity index is 261. The van der Waals surface area contributed by atoms with Gasteiger partial charge in [-0.3, -0.25) is 4.79 Å². The van der Waals surface area contributed by atoms with Gasteiger partial charge in [0.2, 0.25) is 0 Å². The minimum atomic E-state index is -0.536. The summed E-state index contributed by atoms with van der Waals surface area (Å²) in [6.07, 6.45) is 7.80. The molecule has 0 radical (unpaired) electrons. The molecule has 16 heavy (non-hydrogen) atoms. The first kappa shape index (κ1) is 11.9. The van der Waals surface area contributed by atoms with Crippen molar-refractivity contribution < 1.29 is 14.3 Å². The number of carbonyl (C=O) groups excluding carboxylic acids is 1. The molecule has 2 rings (SSSR count). The van der Waals surface area contributed by atoms with Crippen molar-refractivity contribution in [1.29, 1.82) is 0 Å². The molecular formula is C12H21NO3. The Balaban J connectivity index is 1.82. The summed E-state index contributed by atoms with van der Waals surface area (Å²) < 4.78 is 10.7. The average molecular weight is 227 g/mol. The number of carbonyl (C=O) groups is 1. The van der Waals surface area contributed by atoms with Crippen molar-refractivity contribution in [3.05, 3.63) is 0 Å². The highest BCUT2D eigenvalue weighted by Crippen LogP contribution is 2.44. The van der Waals surface area contributed by atoms with Crippen LogP contribution < -0.4 is 5.73 Å². The highest BCUT2D eigenvalue weighted by atomic mass is 16.5. The third-order valence-electron chi connectivity index (χ3n) is 3.87. The monoisotopic (exact) mass is 227 g/mol. The van der Waals surface area contributed by atoms with Crippen LogP contribution in [0.2, 0.25) is 0 Å². The summed E-state index contributed by atoms with van der Waals surface area (Å²) in [6.45, 7) is 0. The Morgan fingerprint density at radius 3 is 2.81 bits per heavy atom. The molecule has 2 atom stereocenters. The third kappa shape index (κ3) is 2.38. The average Bonchev–Trinajstić information content (AvgIpc) is 2.89. The maximum absolute atomic E-state index is 11.2. The maximum atomic E-state index is 11.2. The number of esters is 1. The first-order chi connectivity index (χ1) is 7.65. The van der Waals surface area contributed by atoms with E-state index in [0.29, 0.717) is 6.42 Å². The van der Waals surface area contributed by atoms with Gasteiger partial charge in [0.1, 0.15) is 6.04 Å². The largest absolute Gasteiger partial charge is 0.468 e. The molecule has 0 aromatic carbocycles. The molecule has 1 heterocycles. The van der Waals surface area contributed by atoms with E-state index in [2.05, 4.69) is 4.74 Å². The first-order valence-electron chi connectivity index (χ1n) is 6.16. The lowest BCUT2D eigenvalue weighted by Gasteiger charge is -2.24. The number of rotatable bonds is 3. The lowest BCUT2D eigenvalue weighted by atomic mass is 9.97. The Hall–Kier alpha value is -0.610. The molecule has 0 aromatic heterocycles. The van der Waals surface area contributed by atoms with Crippen LogP contribution in [-0.4, -0.2) is 30.8 Å². The Labute approximate surface area is 96.5 Å². The van der Waals surface area contributed by atoms with E-state index in [0.717, 1.165) is 12.8 Å². The minimum absolute atomic E-state index is 0.126. The molecule has 4 nitrogen and oxygen atoms in total. The molecule has 92 valence electrons. The second-order valence-corrected chi connectivity index (χ2v) is 5.03. The van der Waals surface area contributed by atoms with E-state index in [4.69, 9.17) is 10.5 Å². The van der Waals surface area contributed by atoms with Gasteiger partial charge in [0.15, 0.2) is 0 Å². The molecule has 1 saturated carbocycles. The van der Waals surface area contributed by atoms with E-state index in [1.54, 1.807) is 0 Å². The number of ether oxygens (including phenoxy) is 2. The van der Waals surface area contributed by atoms with E-state index in [1.165, 1.54) is 32.8 Å². The van der Waals surface area contributed by atoms with E-state index in [9.17, 15) is 4.79 Å². The Morgan fingerprint density at radius 2 is 2.19 bits per heavy atom. The van der Waals surface area contributed by atoms with Gasteiger partial charge >= 0.3 is 5.97 Å². The van der Waals surface area contributed by atoms with Gasteiger partial charge in [0.25, 0.3) is 0 Å². The fraction of sp³-hybridized carbons (Fsp3) is 0.917. The smallest absolute Gasteiger partial charge is 0.322 e. The van der Waals surface area contributed by atoms with Crippen LogP contribution in [0.4, 0.5) is 0 Å². The van der Waals surface area contributed by atoms with Crippen LogP contribution in [0.5, 0.6) is 0 Å². The van der Waals surface area contributed by atoms with Crippen LogP contribution in [0.1, 0.15) is 44.9 Å². The molecule has 2 N–H and O–H groups in total. The highest BCUT2D eigenvalue weighted by molar-refractivity contribution is 5.75. The van der Waals surface area contributed by atoms with Gasteiger partial charge in [0, 0.05) is 0 Å². The van der Waals surface area contributed by atoms with E-state index < -0.39 is 6.04 Å². The summed E-state index contributed by atoms with van der Waals surface area (Å²) in [5, 5.41) is 0. The zero-order valence-electron chi connectivity index (χ0n) is 9.91. The van der Waals surface area contributed by atoms with Gasteiger partial charge in [-0.15, -0.1) is 0 Å². The lowest BCUT2D eigenvalue weighted by molar-refractivity contribution is -0.143. The zero-order chi connectivity index (χ0) is 11.6. The van der Waals surface area contributed by atoms with Gasteiger partial charge in [-0.05, 0) is 32.1 Å². The predicted octanol–water partition coefficient (Wildman–Crippen LogP) is 1.37. The summed E-state index contributed by atoms with van der Waals surface area (Å²) in [4.78, 5) is 11.2. The molecule has 4 heteroatoms. The van der Waals surface area contributed by atoms with E-state index in [-0.39, 0.29) is 17.7 Å². The minimum Gasteiger partial charge on any atom is -0.468 e. The molecule has 1 spiro atoms. The summed E-state index contributed by atoms with van der Waals surface area (Å²) >= 11 is 0. The van der Waals surface area contributed by atoms with Crippen molar-refractivity contribution in [3.8, 4) is 0 Å². The normalized spacial score (nSPS) is 29.5. The second-order valence-electron chi connectivity index (χ2n) is 5.03. The maximum Gasteiger partial charge on any atom is 0.322 e. The molecule has 1 aliphatic heterocycles. The molecule has 2 unspecified atom stereocenters. The van der Waals surface area contributed by atoms with Crippen LogP contribution in [0.25, 0.3) is 0 Å². The van der Waals surface area contributed by atoms with Gasteiger partial charge in [-0.2, -0.15) is 0 Å². The van der Waals surface area contributed by atoms with Gasteiger partial charge in [0.05, 0.1) is 18.8 Å². The highest BCUT2D eigenvalue weighted by Gasteiger charge is 2.42. The van der Waals surface area contributed by atoms with Crippen LogP contribution in [-0.2, 0) is 14.3 Å². The SMILES string of the molecule is COC(=O)C(N)CC1CCC2(CCCC2)O1. The van der Waals surface area contributed by atoms with Crippen molar-refractivity contribution in [2.24, 2.45) is 5.73 Å². The topological polar surface area (TPSA) is 61.5 Å². The predicted molar refractivity (Wildman–Crippen MR) is 59.9 cm³/mol. The van der Waals surface area contributed by atoms with Gasteiger partial charge in [-0.25, -0.2) is 0 Å². The quantitative estimate of drug-likeness (QED) is 0.740. The van der Waals surface area contributed by atoms with Crippen molar-refractivity contribution >= 4 is 5.97 Å². The van der Waals surface area contributed by atoms with Crippen LogP contribution >= 0.6 is 0 Å². The number of hydrogen-bond donors (Lipinski definition) is 1. The summed E-state index contributed by atoms with van der Waals surface area (Å²) in [5.41, 5.74) is 5.87. The third-order valence-corrected chi connectivity index (χ3v) is 3.87. The van der Waals surface area contributed by atoms with Gasteiger partial charge in [-0.1, -0.05) is 12.8 Å². The molecule has 1 aliphatic carbocycles. The molecular weight excluding hydrogens is 206 g/mol. The summed E-state index contributed by atoms with van der Waals surface area (Å²) in [7, 11) is 1.37. The molecule has 2 fully saturated rings. The van der Waals surface area contributed by atoms with Crippen LogP contribution in [0.3, 0.4) is 0 Å². The second kappa shape index (κ2) is 4.72. The van der Waals surface area contributed by atoms with Crippen molar-refractivity contribution in [2.45, 2.75) is 62.7 Å². The molecule has 0 aromatic rings. The van der Waals surface area contributed by atoms with Gasteiger partial charge < -0.3 is 15.2 Å². The fourth-order valence-electron chi connectivity index (χ4n) is 2.98. The number of methoxy groups -OCH3 is 1. The fourth-order valence-corrected chi connectivity index (χ4v) is 2.98. The van der Waals surface area contributed by atoms with E-state index in [1.807, 2.05) is 0 Å². The van der Waals surface area contributed by atoms with Crippen LogP contribution in [0.15, 0.2) is 0 Å². The van der Waals surface area contributed by atoms with Crippen LogP contribution in [0, 0.1) is 0 Å². The lowest BCUT2D eigenvalue weighted by Crippen LogP contribution is -2.36. The first-order valence-corrected chi connectivity index (χ1v) is 6.16. The van der Waals surface area contributed by atoms with Crippen molar-refractivity contribution in [3.63, 3.8) is 0 Å². The Morgan fingerprint density at radius 1 is 1.50 bits per heavy atom. The zero-order valence-corrected chi connectivity index (χ0v) is 9.91.